The lowest BCUT2D eigenvalue weighted by Crippen LogP contribution is -2.36. The van der Waals surface area contributed by atoms with Gasteiger partial charge in [0.05, 0.1) is 10.5 Å². The minimum Gasteiger partial charge on any atom is -0.308 e. The van der Waals surface area contributed by atoms with Gasteiger partial charge in [0.15, 0.2) is 9.84 Å². The smallest absolute Gasteiger partial charge is 0.156 e. The molecule has 0 saturated heterocycles. The van der Waals surface area contributed by atoms with E-state index >= 15 is 0 Å². The van der Waals surface area contributed by atoms with Crippen LogP contribution in [0.25, 0.3) is 0 Å². The molecule has 0 heterocycles. The summed E-state index contributed by atoms with van der Waals surface area (Å²) in [6.07, 6.45) is 0. The van der Waals surface area contributed by atoms with Crippen LogP contribution in [0.3, 0.4) is 0 Å². The minimum atomic E-state index is -3.09. The maximum Gasteiger partial charge on any atom is 0.156 e. The Kier molecular flexibility index (Phi) is 5.83. The molecule has 1 unspecified atom stereocenters. The molecular formula is C14H22ClNO2S. The van der Waals surface area contributed by atoms with E-state index in [2.05, 4.69) is 5.32 Å². The van der Waals surface area contributed by atoms with E-state index in [1.165, 1.54) is 0 Å². The van der Waals surface area contributed by atoms with Gasteiger partial charge < -0.3 is 5.32 Å². The predicted octanol–water partition coefficient (Wildman–Crippen LogP) is 2.77. The summed E-state index contributed by atoms with van der Waals surface area (Å²) in [5.74, 6) is 0.538. The van der Waals surface area contributed by atoms with Gasteiger partial charge in [0, 0.05) is 18.5 Å². The number of halogens is 1. The molecule has 1 N–H and O–H groups in total. The summed E-state index contributed by atoms with van der Waals surface area (Å²) in [5.41, 5.74) is 1.07. The highest BCUT2D eigenvalue weighted by molar-refractivity contribution is 7.92. The van der Waals surface area contributed by atoms with Gasteiger partial charge in [-0.15, -0.1) is 11.6 Å². The Morgan fingerprint density at radius 1 is 1.21 bits per heavy atom. The van der Waals surface area contributed by atoms with Crippen LogP contribution in [0.4, 0.5) is 0 Å². The number of alkyl halides is 1. The molecule has 1 atom stereocenters. The van der Waals surface area contributed by atoms with Crippen molar-refractivity contribution in [2.24, 2.45) is 0 Å². The summed E-state index contributed by atoms with van der Waals surface area (Å²) in [6, 6.07) is 9.79. The number of nitrogens with one attached hydrogen (secondary N) is 1. The van der Waals surface area contributed by atoms with E-state index in [1.54, 1.807) is 20.8 Å². The molecule has 0 aliphatic carbocycles. The fourth-order valence-corrected chi connectivity index (χ4v) is 2.91. The highest BCUT2D eigenvalue weighted by Gasteiger charge is 2.28. The van der Waals surface area contributed by atoms with Gasteiger partial charge >= 0.3 is 0 Å². The lowest BCUT2D eigenvalue weighted by atomic mass is 10.1. The first-order valence-corrected chi connectivity index (χ1v) is 8.53. The fourth-order valence-electron chi connectivity index (χ4n) is 1.62. The Hall–Kier alpha value is -0.580. The van der Waals surface area contributed by atoms with Crippen molar-refractivity contribution in [3.05, 3.63) is 35.9 Å². The lowest BCUT2D eigenvalue weighted by molar-refractivity contribution is 0.547. The molecule has 0 fully saturated rings. The van der Waals surface area contributed by atoms with Crippen LogP contribution >= 0.6 is 11.6 Å². The van der Waals surface area contributed by atoms with Crippen LogP contribution in [0.15, 0.2) is 30.3 Å². The van der Waals surface area contributed by atoms with Gasteiger partial charge in [-0.05, 0) is 26.3 Å². The molecule has 0 aliphatic heterocycles. The maximum atomic E-state index is 12.0. The Balaban J connectivity index is 2.57. The second kappa shape index (κ2) is 6.73. The molecule has 0 bridgehead atoms. The second-order valence-corrected chi connectivity index (χ2v) is 8.67. The van der Waals surface area contributed by atoms with E-state index < -0.39 is 14.6 Å². The number of benzene rings is 1. The molecule has 1 aromatic rings. The number of rotatable bonds is 6. The van der Waals surface area contributed by atoms with Crippen molar-refractivity contribution >= 4 is 21.4 Å². The zero-order valence-electron chi connectivity index (χ0n) is 11.7. The summed E-state index contributed by atoms with van der Waals surface area (Å²) in [6.45, 7) is 5.57. The van der Waals surface area contributed by atoms with Gasteiger partial charge in [-0.2, -0.15) is 0 Å². The molecule has 19 heavy (non-hydrogen) atoms. The Morgan fingerprint density at radius 3 is 2.26 bits per heavy atom. The fraction of sp³-hybridized carbons (Fsp3) is 0.571. The third kappa shape index (κ3) is 4.79. The standard InChI is InChI=1S/C14H22ClNO2S/c1-14(2,3)19(17,18)10-9-16-13(11-15)12-7-5-4-6-8-12/h4-8,13,16H,9-11H2,1-3H3. The van der Waals surface area contributed by atoms with Crippen molar-refractivity contribution in [2.75, 3.05) is 18.2 Å². The number of hydrogen-bond donors (Lipinski definition) is 1. The van der Waals surface area contributed by atoms with E-state index in [-0.39, 0.29) is 11.8 Å². The topological polar surface area (TPSA) is 46.2 Å². The SMILES string of the molecule is CC(C)(C)S(=O)(=O)CCNC(CCl)c1ccccc1. The average Bonchev–Trinajstić information content (AvgIpc) is 2.34. The zero-order chi connectivity index (χ0) is 14.5. The molecule has 5 heteroatoms. The van der Waals surface area contributed by atoms with Crippen LogP contribution in [-0.2, 0) is 9.84 Å². The summed E-state index contributed by atoms with van der Waals surface area (Å²) < 4.78 is 23.3. The molecule has 3 nitrogen and oxygen atoms in total. The monoisotopic (exact) mass is 303 g/mol. The first-order valence-electron chi connectivity index (χ1n) is 6.34. The predicted molar refractivity (Wildman–Crippen MR) is 81.4 cm³/mol. The third-order valence-electron chi connectivity index (χ3n) is 3.05. The Bertz CT molecular complexity index is 480. The molecule has 0 aliphatic rings. The largest absolute Gasteiger partial charge is 0.308 e. The van der Waals surface area contributed by atoms with Crippen molar-refractivity contribution in [1.82, 2.24) is 5.32 Å². The van der Waals surface area contributed by atoms with E-state index in [1.807, 2.05) is 30.3 Å². The van der Waals surface area contributed by atoms with Gasteiger partial charge in [-0.3, -0.25) is 0 Å². The van der Waals surface area contributed by atoms with E-state index in [0.29, 0.717) is 12.4 Å². The van der Waals surface area contributed by atoms with Gasteiger partial charge in [0.25, 0.3) is 0 Å². The van der Waals surface area contributed by atoms with Crippen LogP contribution < -0.4 is 5.32 Å². The van der Waals surface area contributed by atoms with Crippen LogP contribution in [0.2, 0.25) is 0 Å². The van der Waals surface area contributed by atoms with Gasteiger partial charge in [0.1, 0.15) is 0 Å². The van der Waals surface area contributed by atoms with E-state index in [0.717, 1.165) is 5.56 Å². The molecule has 0 spiro atoms. The lowest BCUT2D eigenvalue weighted by Gasteiger charge is -2.21. The van der Waals surface area contributed by atoms with Crippen molar-refractivity contribution in [3.8, 4) is 0 Å². The molecule has 1 aromatic carbocycles. The van der Waals surface area contributed by atoms with Gasteiger partial charge in [-0.25, -0.2) is 8.42 Å². The van der Waals surface area contributed by atoms with Gasteiger partial charge in [-0.1, -0.05) is 30.3 Å². The number of sulfone groups is 1. The summed E-state index contributed by atoms with van der Waals surface area (Å²) >= 11 is 5.93. The highest BCUT2D eigenvalue weighted by atomic mass is 35.5. The Labute approximate surface area is 121 Å². The summed E-state index contributed by atoms with van der Waals surface area (Å²) in [4.78, 5) is 0. The third-order valence-corrected chi connectivity index (χ3v) is 5.97. The van der Waals surface area contributed by atoms with E-state index in [9.17, 15) is 8.42 Å². The molecule has 108 valence electrons. The summed E-state index contributed by atoms with van der Waals surface area (Å²) in [7, 11) is -3.09. The van der Waals surface area contributed by atoms with Gasteiger partial charge in [0.2, 0.25) is 0 Å². The first kappa shape index (κ1) is 16.5. The van der Waals surface area contributed by atoms with Crippen LogP contribution in [0.1, 0.15) is 32.4 Å². The molecular weight excluding hydrogens is 282 g/mol. The van der Waals surface area contributed by atoms with Crippen LogP contribution in [-0.4, -0.2) is 31.3 Å². The molecule has 0 saturated carbocycles. The molecule has 1 rings (SSSR count). The molecule has 0 amide bonds. The number of hydrogen-bond acceptors (Lipinski definition) is 3. The zero-order valence-corrected chi connectivity index (χ0v) is 13.3. The van der Waals surface area contributed by atoms with Crippen LogP contribution in [0.5, 0.6) is 0 Å². The van der Waals surface area contributed by atoms with E-state index in [4.69, 9.17) is 11.6 Å². The summed E-state index contributed by atoms with van der Waals surface area (Å²) in [5, 5.41) is 3.20. The van der Waals surface area contributed by atoms with Crippen molar-refractivity contribution < 1.29 is 8.42 Å². The highest BCUT2D eigenvalue weighted by Crippen LogP contribution is 2.17. The first-order chi connectivity index (χ1) is 8.78. The molecule has 0 aromatic heterocycles. The van der Waals surface area contributed by atoms with Crippen LogP contribution in [0, 0.1) is 0 Å². The van der Waals surface area contributed by atoms with Crippen molar-refractivity contribution in [3.63, 3.8) is 0 Å². The maximum absolute atomic E-state index is 12.0. The Morgan fingerprint density at radius 2 is 1.79 bits per heavy atom. The quantitative estimate of drug-likeness (QED) is 0.822. The van der Waals surface area contributed by atoms with Crippen molar-refractivity contribution in [1.29, 1.82) is 0 Å². The molecule has 0 radical (unpaired) electrons. The average molecular weight is 304 g/mol. The normalized spacial score (nSPS) is 14.3. The second-order valence-electron chi connectivity index (χ2n) is 5.50. The van der Waals surface area contributed by atoms with Crippen molar-refractivity contribution in [2.45, 2.75) is 31.6 Å². The minimum absolute atomic E-state index is 0.0157.